The van der Waals surface area contributed by atoms with E-state index in [-0.39, 0.29) is 5.41 Å². The van der Waals surface area contributed by atoms with Crippen LogP contribution >= 0.6 is 0 Å². The SMILES string of the molecule is C=CC(=O)[Si](C)(OCCC)O[Si](C)(C)C. The predicted octanol–water partition coefficient (Wildman–Crippen LogP) is 2.63. The third-order valence-corrected chi connectivity index (χ3v) is 7.58. The van der Waals surface area contributed by atoms with Crippen molar-refractivity contribution < 1.29 is 13.3 Å². The molecule has 15 heavy (non-hydrogen) atoms. The highest BCUT2D eigenvalue weighted by atomic mass is 28.4. The fourth-order valence-corrected chi connectivity index (χ4v) is 7.64. The Morgan fingerprint density at radius 3 is 2.20 bits per heavy atom. The lowest BCUT2D eigenvalue weighted by atomic mass is 10.5. The molecule has 0 aliphatic rings. The molecule has 1 atom stereocenters. The van der Waals surface area contributed by atoms with Crippen molar-refractivity contribution in [1.29, 1.82) is 0 Å². The summed E-state index contributed by atoms with van der Waals surface area (Å²) in [5, 5.41) is -0.0709. The summed E-state index contributed by atoms with van der Waals surface area (Å²) in [5.41, 5.74) is 0. The van der Waals surface area contributed by atoms with Crippen molar-refractivity contribution >= 4 is 22.3 Å². The molecule has 0 rings (SSSR count). The van der Waals surface area contributed by atoms with E-state index in [1.807, 2.05) is 13.5 Å². The van der Waals surface area contributed by atoms with Crippen LogP contribution in [0.15, 0.2) is 12.7 Å². The molecule has 0 bridgehead atoms. The van der Waals surface area contributed by atoms with Crippen molar-refractivity contribution in [2.75, 3.05) is 6.61 Å². The maximum Gasteiger partial charge on any atom is 0.402 e. The van der Waals surface area contributed by atoms with Crippen LogP contribution in [-0.4, -0.2) is 28.9 Å². The van der Waals surface area contributed by atoms with Gasteiger partial charge in [-0.05, 0) is 38.7 Å². The van der Waals surface area contributed by atoms with Crippen LogP contribution in [-0.2, 0) is 13.3 Å². The first-order chi connectivity index (χ1) is 6.75. The fourth-order valence-electron chi connectivity index (χ4n) is 1.22. The fraction of sp³-hybridized carbons (Fsp3) is 0.700. The highest BCUT2D eigenvalue weighted by molar-refractivity contribution is 7.02. The summed E-state index contributed by atoms with van der Waals surface area (Å²) in [4.78, 5) is 11.7. The molecule has 0 aliphatic carbocycles. The second-order valence-electron chi connectivity index (χ2n) is 4.58. The Kier molecular flexibility index (Phi) is 5.65. The lowest BCUT2D eigenvalue weighted by molar-refractivity contribution is -0.111. The number of hydrogen-bond acceptors (Lipinski definition) is 3. The summed E-state index contributed by atoms with van der Waals surface area (Å²) in [6, 6.07) is 0. The van der Waals surface area contributed by atoms with Crippen LogP contribution in [0.2, 0.25) is 26.2 Å². The molecule has 1 unspecified atom stereocenters. The first-order valence-electron chi connectivity index (χ1n) is 5.26. The summed E-state index contributed by atoms with van der Waals surface area (Å²) in [6.45, 7) is 14.1. The molecular formula is C10H22O3Si2. The molecule has 0 aliphatic heterocycles. The molecule has 0 radical (unpaired) electrons. The first-order valence-corrected chi connectivity index (χ1v) is 11.0. The third-order valence-electron chi connectivity index (χ3n) is 1.72. The second kappa shape index (κ2) is 5.74. The van der Waals surface area contributed by atoms with Gasteiger partial charge in [0.2, 0.25) is 0 Å². The molecule has 0 saturated carbocycles. The molecule has 0 amide bonds. The topological polar surface area (TPSA) is 35.5 Å². The van der Waals surface area contributed by atoms with Crippen LogP contribution in [0.1, 0.15) is 13.3 Å². The van der Waals surface area contributed by atoms with E-state index in [0.29, 0.717) is 6.61 Å². The molecule has 5 heteroatoms. The van der Waals surface area contributed by atoms with E-state index < -0.39 is 16.9 Å². The van der Waals surface area contributed by atoms with Crippen LogP contribution in [0.3, 0.4) is 0 Å². The zero-order valence-corrected chi connectivity index (χ0v) is 12.4. The third kappa shape index (κ3) is 5.41. The summed E-state index contributed by atoms with van der Waals surface area (Å²) < 4.78 is 11.6. The zero-order valence-electron chi connectivity index (χ0n) is 10.4. The van der Waals surface area contributed by atoms with Crippen LogP contribution in [0.4, 0.5) is 0 Å². The Labute approximate surface area is 94.9 Å². The Morgan fingerprint density at radius 2 is 1.87 bits per heavy atom. The van der Waals surface area contributed by atoms with Gasteiger partial charge in [-0.15, -0.1) is 0 Å². The molecule has 0 aromatic heterocycles. The standard InChI is InChI=1S/C10H22O3Si2/c1-7-9-12-15(6,10(11)8-2)13-14(3,4)5/h8H,2,7,9H2,1,3-6H3. The minimum atomic E-state index is -2.70. The largest absolute Gasteiger partial charge is 0.431 e. The number of carbonyl (C=O) groups is 1. The summed E-state index contributed by atoms with van der Waals surface area (Å²) in [7, 11) is -4.46. The van der Waals surface area contributed by atoms with Crippen LogP contribution in [0.25, 0.3) is 0 Å². The average molecular weight is 246 g/mol. The lowest BCUT2D eigenvalue weighted by Crippen LogP contribution is -2.53. The predicted molar refractivity (Wildman–Crippen MR) is 67.5 cm³/mol. The molecule has 0 saturated heterocycles. The van der Waals surface area contributed by atoms with Gasteiger partial charge >= 0.3 is 8.56 Å². The van der Waals surface area contributed by atoms with E-state index in [1.54, 1.807) is 0 Å². The van der Waals surface area contributed by atoms with Gasteiger partial charge in [-0.2, -0.15) is 0 Å². The Bertz CT molecular complexity index is 235. The highest BCUT2D eigenvalue weighted by Gasteiger charge is 2.42. The van der Waals surface area contributed by atoms with Crippen molar-refractivity contribution in [2.45, 2.75) is 39.5 Å². The molecule has 0 spiro atoms. The van der Waals surface area contributed by atoms with Gasteiger partial charge in [0.1, 0.15) is 0 Å². The molecule has 0 heterocycles. The van der Waals surface area contributed by atoms with Crippen molar-refractivity contribution in [3.63, 3.8) is 0 Å². The van der Waals surface area contributed by atoms with Crippen molar-refractivity contribution in [1.82, 2.24) is 0 Å². The average Bonchev–Trinajstić information content (AvgIpc) is 2.10. The normalized spacial score (nSPS) is 15.8. The first kappa shape index (κ1) is 14.8. The van der Waals surface area contributed by atoms with Crippen molar-refractivity contribution in [2.24, 2.45) is 0 Å². The van der Waals surface area contributed by atoms with Crippen LogP contribution in [0, 0.1) is 0 Å². The van der Waals surface area contributed by atoms with Gasteiger partial charge < -0.3 is 8.54 Å². The Balaban J connectivity index is 4.69. The molecule has 88 valence electrons. The number of hydrogen-bond donors (Lipinski definition) is 0. The number of allylic oxidation sites excluding steroid dienone is 1. The van der Waals surface area contributed by atoms with Crippen LogP contribution in [0.5, 0.6) is 0 Å². The van der Waals surface area contributed by atoms with Gasteiger partial charge in [-0.25, -0.2) is 0 Å². The molecule has 0 N–H and O–H groups in total. The van der Waals surface area contributed by atoms with E-state index >= 15 is 0 Å². The highest BCUT2D eigenvalue weighted by Crippen LogP contribution is 2.17. The van der Waals surface area contributed by atoms with Crippen LogP contribution < -0.4 is 0 Å². The molecule has 0 aromatic rings. The second-order valence-corrected chi connectivity index (χ2v) is 12.3. The minimum absolute atomic E-state index is 0.0709. The van der Waals surface area contributed by atoms with Crippen molar-refractivity contribution in [3.8, 4) is 0 Å². The van der Waals surface area contributed by atoms with E-state index in [2.05, 4.69) is 26.2 Å². The van der Waals surface area contributed by atoms with E-state index in [0.717, 1.165) is 6.42 Å². The summed E-state index contributed by atoms with van der Waals surface area (Å²) in [5.74, 6) is 0. The lowest BCUT2D eigenvalue weighted by Gasteiger charge is -2.31. The van der Waals surface area contributed by atoms with Gasteiger partial charge in [-0.1, -0.05) is 13.5 Å². The van der Waals surface area contributed by atoms with Gasteiger partial charge in [0.05, 0.1) is 0 Å². The van der Waals surface area contributed by atoms with E-state index in [9.17, 15) is 4.79 Å². The Morgan fingerprint density at radius 1 is 1.33 bits per heavy atom. The molecular weight excluding hydrogens is 224 g/mol. The molecule has 3 nitrogen and oxygen atoms in total. The van der Waals surface area contributed by atoms with Gasteiger partial charge in [0.25, 0.3) is 0 Å². The molecule has 0 fully saturated rings. The molecule has 0 aromatic carbocycles. The van der Waals surface area contributed by atoms with Gasteiger partial charge in [0.15, 0.2) is 13.7 Å². The Hall–Kier alpha value is -0.236. The summed E-state index contributed by atoms with van der Waals surface area (Å²) >= 11 is 0. The van der Waals surface area contributed by atoms with Gasteiger partial charge in [0, 0.05) is 6.61 Å². The van der Waals surface area contributed by atoms with E-state index in [4.69, 9.17) is 8.54 Å². The zero-order chi connectivity index (χ0) is 12.1. The van der Waals surface area contributed by atoms with E-state index in [1.165, 1.54) is 6.08 Å². The number of rotatable bonds is 7. The smallest absolute Gasteiger partial charge is 0.402 e. The van der Waals surface area contributed by atoms with Crippen molar-refractivity contribution in [3.05, 3.63) is 12.7 Å². The number of carbonyl (C=O) groups excluding carboxylic acids is 1. The maximum absolute atomic E-state index is 11.7. The maximum atomic E-state index is 11.7. The quantitative estimate of drug-likeness (QED) is 0.512. The minimum Gasteiger partial charge on any atom is -0.431 e. The summed E-state index contributed by atoms with van der Waals surface area (Å²) in [6.07, 6.45) is 2.21. The monoisotopic (exact) mass is 246 g/mol. The van der Waals surface area contributed by atoms with Gasteiger partial charge in [-0.3, -0.25) is 4.79 Å².